The Bertz CT molecular complexity index is 1180. The van der Waals surface area contributed by atoms with Gasteiger partial charge in [0, 0.05) is 48.9 Å². The topological polar surface area (TPSA) is 57.7 Å². The smallest absolute Gasteiger partial charge is 0.248 e. The van der Waals surface area contributed by atoms with Crippen LogP contribution in [0.3, 0.4) is 0 Å². The highest BCUT2D eigenvalue weighted by Gasteiger charge is 2.18. The van der Waals surface area contributed by atoms with E-state index in [-0.39, 0.29) is 12.0 Å². The van der Waals surface area contributed by atoms with Crippen molar-refractivity contribution in [3.63, 3.8) is 0 Å². The second kappa shape index (κ2) is 10.7. The van der Waals surface area contributed by atoms with Gasteiger partial charge in [-0.2, -0.15) is 0 Å². The molecule has 6 nitrogen and oxygen atoms in total. The first-order valence-electron chi connectivity index (χ1n) is 12.1. The minimum absolute atomic E-state index is 0.0688. The molecule has 0 saturated carbocycles. The van der Waals surface area contributed by atoms with Crippen LogP contribution in [0.15, 0.2) is 54.6 Å². The maximum atomic E-state index is 12.6. The first kappa shape index (κ1) is 23.8. The molecule has 0 unspecified atom stereocenters. The number of piperazine rings is 1. The Hall–Kier alpha value is -3.38. The Morgan fingerprint density at radius 2 is 1.88 bits per heavy atom. The van der Waals surface area contributed by atoms with E-state index in [9.17, 15) is 4.79 Å². The lowest BCUT2D eigenvalue weighted by Gasteiger charge is -2.35. The van der Waals surface area contributed by atoms with Crippen molar-refractivity contribution in [3.8, 4) is 5.75 Å². The summed E-state index contributed by atoms with van der Waals surface area (Å²) >= 11 is 0. The molecule has 2 heterocycles. The van der Waals surface area contributed by atoms with Gasteiger partial charge in [-0.05, 0) is 69.3 Å². The van der Waals surface area contributed by atoms with Crippen LogP contribution in [-0.2, 0) is 4.79 Å². The van der Waals surface area contributed by atoms with Crippen molar-refractivity contribution < 1.29 is 9.53 Å². The number of carbonyl (C=O) groups is 1. The third-order valence-electron chi connectivity index (χ3n) is 6.11. The van der Waals surface area contributed by atoms with Crippen LogP contribution in [0.4, 0.5) is 11.5 Å². The molecule has 1 amide bonds. The van der Waals surface area contributed by atoms with Crippen molar-refractivity contribution in [2.45, 2.75) is 33.8 Å². The highest BCUT2D eigenvalue weighted by atomic mass is 16.5. The summed E-state index contributed by atoms with van der Waals surface area (Å²) in [5.41, 5.74) is 3.73. The molecule has 1 aliphatic heterocycles. The molecular weight excluding hydrogens is 424 g/mol. The number of benzene rings is 2. The molecule has 178 valence electrons. The number of hydrogen-bond donors (Lipinski definition) is 1. The molecule has 1 aliphatic rings. The lowest BCUT2D eigenvalue weighted by atomic mass is 10.1. The first-order chi connectivity index (χ1) is 16.4. The van der Waals surface area contributed by atoms with Crippen molar-refractivity contribution in [1.29, 1.82) is 0 Å². The largest absolute Gasteiger partial charge is 0.490 e. The number of nitrogens with one attached hydrogen (secondary N) is 1. The number of fused-ring (bicyclic) bond motifs is 1. The summed E-state index contributed by atoms with van der Waals surface area (Å²) in [6.45, 7) is 13.5. The van der Waals surface area contributed by atoms with E-state index in [1.807, 2.05) is 56.3 Å². The molecule has 1 fully saturated rings. The lowest BCUT2D eigenvalue weighted by molar-refractivity contribution is -0.111. The highest BCUT2D eigenvalue weighted by Crippen LogP contribution is 2.26. The zero-order chi connectivity index (χ0) is 24.1. The monoisotopic (exact) mass is 458 g/mol. The van der Waals surface area contributed by atoms with Crippen molar-refractivity contribution in [1.82, 2.24) is 9.88 Å². The van der Waals surface area contributed by atoms with Gasteiger partial charge < -0.3 is 19.9 Å². The molecule has 0 radical (unpaired) electrons. The van der Waals surface area contributed by atoms with Gasteiger partial charge in [0.15, 0.2) is 0 Å². The van der Waals surface area contributed by atoms with E-state index in [1.165, 1.54) is 6.08 Å². The summed E-state index contributed by atoms with van der Waals surface area (Å²) in [6, 6.07) is 15.8. The number of carbonyl (C=O) groups excluding carboxylic acids is 1. The van der Waals surface area contributed by atoms with Crippen LogP contribution in [0.5, 0.6) is 5.75 Å². The molecule has 0 aliphatic carbocycles. The average molecular weight is 459 g/mol. The molecule has 3 aromatic rings. The number of aromatic nitrogens is 1. The summed E-state index contributed by atoms with van der Waals surface area (Å²) in [5.74, 6) is 1.61. The molecule has 1 aromatic heterocycles. The summed E-state index contributed by atoms with van der Waals surface area (Å²) in [5, 5.41) is 4.02. The van der Waals surface area contributed by atoms with Gasteiger partial charge in [0.25, 0.3) is 0 Å². The van der Waals surface area contributed by atoms with Gasteiger partial charge in [0.05, 0.1) is 11.6 Å². The number of amides is 1. The highest BCUT2D eigenvalue weighted by molar-refractivity contribution is 6.03. The maximum absolute atomic E-state index is 12.6. The number of likely N-dealkylation sites (N-methyl/N-ethyl adjacent to an activating group) is 1. The van der Waals surface area contributed by atoms with Crippen molar-refractivity contribution in [3.05, 3.63) is 65.7 Å². The van der Waals surface area contributed by atoms with Crippen LogP contribution in [0.2, 0.25) is 0 Å². The van der Waals surface area contributed by atoms with E-state index in [0.717, 1.165) is 72.0 Å². The Balaban J connectivity index is 1.46. The SMILES string of the molecule is CCN1CCN(c2cc(C)c3cc(NC(=O)/C=C/c4ccccc4OC(C)C)ccc3n2)CC1. The number of nitrogens with zero attached hydrogens (tertiary/aromatic N) is 3. The van der Waals surface area contributed by atoms with Gasteiger partial charge in [0.2, 0.25) is 5.91 Å². The van der Waals surface area contributed by atoms with Crippen LogP contribution in [0.1, 0.15) is 31.9 Å². The number of ether oxygens (including phenoxy) is 1. The Kier molecular flexibility index (Phi) is 7.48. The number of rotatable bonds is 7. The van der Waals surface area contributed by atoms with Gasteiger partial charge in [0.1, 0.15) is 11.6 Å². The van der Waals surface area contributed by atoms with E-state index in [1.54, 1.807) is 6.08 Å². The van der Waals surface area contributed by atoms with Crippen LogP contribution in [0.25, 0.3) is 17.0 Å². The molecule has 0 bridgehead atoms. The van der Waals surface area contributed by atoms with Crippen LogP contribution >= 0.6 is 0 Å². The average Bonchev–Trinajstić information content (AvgIpc) is 2.83. The van der Waals surface area contributed by atoms with Gasteiger partial charge in [-0.25, -0.2) is 4.98 Å². The Morgan fingerprint density at radius 3 is 2.62 bits per heavy atom. The predicted molar refractivity (Wildman–Crippen MR) is 141 cm³/mol. The zero-order valence-corrected chi connectivity index (χ0v) is 20.5. The van der Waals surface area contributed by atoms with Crippen molar-refractivity contribution in [2.24, 2.45) is 0 Å². The van der Waals surface area contributed by atoms with Gasteiger partial charge in [-0.3, -0.25) is 4.79 Å². The quantitative estimate of drug-likeness (QED) is 0.498. The number of pyridine rings is 1. The van der Waals surface area contributed by atoms with Gasteiger partial charge in [-0.1, -0.05) is 25.1 Å². The minimum Gasteiger partial charge on any atom is -0.490 e. The second-order valence-electron chi connectivity index (χ2n) is 8.98. The fourth-order valence-corrected chi connectivity index (χ4v) is 4.24. The molecule has 1 N–H and O–H groups in total. The van der Waals surface area contributed by atoms with E-state index in [4.69, 9.17) is 9.72 Å². The number of para-hydroxylation sites is 1. The molecule has 34 heavy (non-hydrogen) atoms. The first-order valence-corrected chi connectivity index (χ1v) is 12.1. The fourth-order valence-electron chi connectivity index (χ4n) is 4.24. The maximum Gasteiger partial charge on any atom is 0.248 e. The Morgan fingerprint density at radius 1 is 1.12 bits per heavy atom. The second-order valence-corrected chi connectivity index (χ2v) is 8.98. The molecule has 6 heteroatoms. The van der Waals surface area contributed by atoms with E-state index in [0.29, 0.717) is 0 Å². The van der Waals surface area contributed by atoms with Crippen molar-refractivity contribution in [2.75, 3.05) is 42.9 Å². The predicted octanol–water partition coefficient (Wildman–Crippen LogP) is 5.12. The summed E-state index contributed by atoms with van der Waals surface area (Å²) in [4.78, 5) is 22.3. The summed E-state index contributed by atoms with van der Waals surface area (Å²) in [6.07, 6.45) is 3.39. The standard InChI is InChI=1S/C28H34N4O2/c1-5-31-14-16-32(17-15-31)27-18-21(4)24-19-23(11-12-25(24)30-27)29-28(33)13-10-22-8-6-7-9-26(22)34-20(2)3/h6-13,18-20H,5,14-17H2,1-4H3,(H,29,33)/b13-10+. The van der Waals surface area contributed by atoms with Crippen LogP contribution in [-0.4, -0.2) is 54.6 Å². The minimum atomic E-state index is -0.185. The van der Waals surface area contributed by atoms with E-state index in [2.05, 4.69) is 35.0 Å². The molecule has 0 atom stereocenters. The third-order valence-corrected chi connectivity index (χ3v) is 6.11. The Labute approximate surface area is 202 Å². The summed E-state index contributed by atoms with van der Waals surface area (Å²) in [7, 11) is 0. The van der Waals surface area contributed by atoms with Gasteiger partial charge >= 0.3 is 0 Å². The summed E-state index contributed by atoms with van der Waals surface area (Å²) < 4.78 is 5.83. The van der Waals surface area contributed by atoms with Crippen LogP contribution in [0, 0.1) is 6.92 Å². The number of aryl methyl sites for hydroxylation is 1. The molecule has 0 spiro atoms. The van der Waals surface area contributed by atoms with Gasteiger partial charge in [-0.15, -0.1) is 0 Å². The van der Waals surface area contributed by atoms with E-state index >= 15 is 0 Å². The normalized spacial score (nSPS) is 14.8. The van der Waals surface area contributed by atoms with Crippen molar-refractivity contribution >= 4 is 34.4 Å². The van der Waals surface area contributed by atoms with Crippen LogP contribution < -0.4 is 15.0 Å². The molecule has 4 rings (SSSR count). The molecular formula is C28H34N4O2. The zero-order valence-electron chi connectivity index (χ0n) is 20.5. The fraction of sp³-hybridized carbons (Fsp3) is 0.357. The molecule has 1 saturated heterocycles. The number of hydrogen-bond acceptors (Lipinski definition) is 5. The molecule has 2 aromatic carbocycles. The third kappa shape index (κ3) is 5.75. The lowest BCUT2D eigenvalue weighted by Crippen LogP contribution is -2.46. The van der Waals surface area contributed by atoms with E-state index < -0.39 is 0 Å². The number of anilines is 2.